The zero-order valence-corrected chi connectivity index (χ0v) is 18.0. The molecule has 0 aliphatic carbocycles. The summed E-state index contributed by atoms with van der Waals surface area (Å²) in [6.07, 6.45) is 0. The number of aryl methyl sites for hydroxylation is 1. The van der Waals surface area contributed by atoms with Gasteiger partial charge >= 0.3 is 6.03 Å². The van der Waals surface area contributed by atoms with E-state index < -0.39 is 6.03 Å². The Morgan fingerprint density at radius 2 is 1.34 bits per heavy atom. The lowest BCUT2D eigenvalue weighted by Crippen LogP contribution is -2.19. The van der Waals surface area contributed by atoms with Gasteiger partial charge in [-0.2, -0.15) is 0 Å². The third-order valence-corrected chi connectivity index (χ3v) is 5.42. The molecule has 32 heavy (non-hydrogen) atoms. The number of ether oxygens (including phenoxy) is 1. The van der Waals surface area contributed by atoms with E-state index in [2.05, 4.69) is 20.9 Å². The predicted molar refractivity (Wildman–Crippen MR) is 127 cm³/mol. The maximum absolute atomic E-state index is 12.7. The number of thiazole rings is 1. The fourth-order valence-electron chi connectivity index (χ4n) is 2.86. The van der Waals surface area contributed by atoms with Crippen molar-refractivity contribution >= 4 is 39.8 Å². The van der Waals surface area contributed by atoms with Crippen molar-refractivity contribution in [3.05, 3.63) is 95.5 Å². The number of urea groups is 1. The molecule has 7 nitrogen and oxygen atoms in total. The van der Waals surface area contributed by atoms with Gasteiger partial charge < -0.3 is 15.4 Å². The highest BCUT2D eigenvalue weighted by Gasteiger charge is 2.17. The lowest BCUT2D eigenvalue weighted by molar-refractivity contribution is 0.102. The van der Waals surface area contributed by atoms with E-state index in [1.807, 2.05) is 48.5 Å². The summed E-state index contributed by atoms with van der Waals surface area (Å²) in [6, 6.07) is 25.2. The lowest BCUT2D eigenvalue weighted by atomic mass is 10.3. The number of nitrogens with one attached hydrogen (secondary N) is 3. The average molecular weight is 445 g/mol. The van der Waals surface area contributed by atoms with E-state index in [1.165, 1.54) is 0 Å². The van der Waals surface area contributed by atoms with Crippen LogP contribution in [0, 0.1) is 6.92 Å². The summed E-state index contributed by atoms with van der Waals surface area (Å²) in [6.45, 7) is 1.72. The highest BCUT2D eigenvalue weighted by molar-refractivity contribution is 7.17. The second-order valence-corrected chi connectivity index (χ2v) is 7.77. The first-order valence-corrected chi connectivity index (χ1v) is 10.6. The van der Waals surface area contributed by atoms with E-state index in [-0.39, 0.29) is 5.91 Å². The number of nitrogens with zero attached hydrogens (tertiary/aromatic N) is 1. The van der Waals surface area contributed by atoms with Crippen LogP contribution in [0.15, 0.2) is 84.9 Å². The summed E-state index contributed by atoms with van der Waals surface area (Å²) >= 11 is 1.11. The van der Waals surface area contributed by atoms with Gasteiger partial charge in [0.05, 0.1) is 5.69 Å². The number of para-hydroxylation sites is 2. The van der Waals surface area contributed by atoms with Gasteiger partial charge in [-0.05, 0) is 55.5 Å². The number of rotatable bonds is 6. The Morgan fingerprint density at radius 1 is 0.750 bits per heavy atom. The molecule has 0 aliphatic rings. The normalized spacial score (nSPS) is 10.3. The number of aromatic nitrogens is 1. The smallest absolute Gasteiger partial charge is 0.325 e. The summed E-state index contributed by atoms with van der Waals surface area (Å²) in [5, 5.41) is 8.56. The molecule has 3 aromatic carbocycles. The molecular formula is C24H20N4O3S. The second kappa shape index (κ2) is 9.76. The summed E-state index contributed by atoms with van der Waals surface area (Å²) in [7, 11) is 0. The summed E-state index contributed by atoms with van der Waals surface area (Å²) in [4.78, 5) is 29.6. The Kier molecular flexibility index (Phi) is 6.43. The van der Waals surface area contributed by atoms with Crippen molar-refractivity contribution in [1.29, 1.82) is 0 Å². The van der Waals surface area contributed by atoms with Crippen LogP contribution in [0.25, 0.3) is 0 Å². The monoisotopic (exact) mass is 444 g/mol. The molecule has 4 rings (SSSR count). The molecule has 0 saturated carbocycles. The number of benzene rings is 3. The molecular weight excluding hydrogens is 424 g/mol. The fraction of sp³-hybridized carbons (Fsp3) is 0.0417. The fourth-order valence-corrected chi connectivity index (χ4v) is 3.72. The lowest BCUT2D eigenvalue weighted by Gasteiger charge is -2.07. The van der Waals surface area contributed by atoms with Crippen molar-refractivity contribution in [1.82, 2.24) is 4.98 Å². The van der Waals surface area contributed by atoms with E-state index in [0.717, 1.165) is 17.1 Å². The molecule has 0 bridgehead atoms. The Bertz CT molecular complexity index is 1210. The van der Waals surface area contributed by atoms with Gasteiger partial charge in [0.2, 0.25) is 0 Å². The first-order valence-electron chi connectivity index (χ1n) is 9.81. The number of hydrogen-bond donors (Lipinski definition) is 3. The van der Waals surface area contributed by atoms with E-state index in [9.17, 15) is 9.59 Å². The minimum atomic E-state index is -0.425. The number of hydrogen-bond acceptors (Lipinski definition) is 5. The minimum Gasteiger partial charge on any atom is -0.457 e. The van der Waals surface area contributed by atoms with Crippen LogP contribution >= 0.6 is 11.3 Å². The zero-order chi connectivity index (χ0) is 22.3. The molecule has 4 aromatic rings. The van der Waals surface area contributed by atoms with E-state index in [1.54, 1.807) is 43.3 Å². The van der Waals surface area contributed by atoms with Crippen LogP contribution in [0.3, 0.4) is 0 Å². The Labute approximate surface area is 189 Å². The topological polar surface area (TPSA) is 92.4 Å². The van der Waals surface area contributed by atoms with E-state index in [0.29, 0.717) is 32.8 Å². The number of carbonyl (C=O) groups excluding carboxylic acids is 2. The number of carbonyl (C=O) groups is 2. The molecule has 160 valence electrons. The van der Waals surface area contributed by atoms with E-state index >= 15 is 0 Å². The molecule has 0 saturated heterocycles. The predicted octanol–water partition coefficient (Wildman–Crippen LogP) is 6.14. The summed E-state index contributed by atoms with van der Waals surface area (Å²) in [5.74, 6) is 1.10. The second-order valence-electron chi connectivity index (χ2n) is 6.77. The molecule has 3 amide bonds. The van der Waals surface area contributed by atoms with Gasteiger partial charge in [0.25, 0.3) is 5.91 Å². The maximum atomic E-state index is 12.7. The number of anilines is 3. The van der Waals surface area contributed by atoms with Crippen molar-refractivity contribution in [2.45, 2.75) is 6.92 Å². The minimum absolute atomic E-state index is 0.298. The van der Waals surface area contributed by atoms with Gasteiger partial charge in [0, 0.05) is 11.4 Å². The standard InChI is InChI=1S/C24H20N4O3S/c1-16-21(32-24(25-16)28-23(30)27-17-8-4-2-5-9-17)22(29)26-18-12-14-20(15-13-18)31-19-10-6-3-7-11-19/h2-15H,1H3,(H,26,29)(H2,25,27,28,30). The highest BCUT2D eigenvalue weighted by Crippen LogP contribution is 2.26. The van der Waals surface area contributed by atoms with Gasteiger partial charge in [-0.15, -0.1) is 0 Å². The molecule has 0 aliphatic heterocycles. The third kappa shape index (κ3) is 5.50. The van der Waals surface area contributed by atoms with Gasteiger partial charge in [-0.3, -0.25) is 10.1 Å². The largest absolute Gasteiger partial charge is 0.457 e. The molecule has 0 fully saturated rings. The van der Waals surface area contributed by atoms with Gasteiger partial charge in [-0.25, -0.2) is 9.78 Å². The molecule has 8 heteroatoms. The highest BCUT2D eigenvalue weighted by atomic mass is 32.1. The van der Waals surface area contributed by atoms with Crippen LogP contribution in [0.4, 0.5) is 21.3 Å². The molecule has 0 atom stereocenters. The Balaban J connectivity index is 1.36. The summed E-state index contributed by atoms with van der Waals surface area (Å²) < 4.78 is 5.76. The molecule has 0 unspecified atom stereocenters. The number of amides is 3. The third-order valence-electron chi connectivity index (χ3n) is 4.35. The SMILES string of the molecule is Cc1nc(NC(=O)Nc2ccccc2)sc1C(=O)Nc1ccc(Oc2ccccc2)cc1. The van der Waals surface area contributed by atoms with Crippen molar-refractivity contribution in [2.75, 3.05) is 16.0 Å². The van der Waals surface area contributed by atoms with Crippen molar-refractivity contribution < 1.29 is 14.3 Å². The van der Waals surface area contributed by atoms with Gasteiger partial charge in [-0.1, -0.05) is 47.7 Å². The molecule has 0 spiro atoms. The van der Waals surface area contributed by atoms with Crippen molar-refractivity contribution in [3.8, 4) is 11.5 Å². The molecule has 0 radical (unpaired) electrons. The Morgan fingerprint density at radius 3 is 2.03 bits per heavy atom. The molecule has 3 N–H and O–H groups in total. The average Bonchev–Trinajstić information content (AvgIpc) is 3.16. The van der Waals surface area contributed by atoms with Crippen molar-refractivity contribution in [3.63, 3.8) is 0 Å². The molecule has 1 heterocycles. The maximum Gasteiger partial charge on any atom is 0.325 e. The summed E-state index contributed by atoms with van der Waals surface area (Å²) in [5.41, 5.74) is 1.82. The molecule has 1 aromatic heterocycles. The van der Waals surface area contributed by atoms with Crippen LogP contribution in [0.5, 0.6) is 11.5 Å². The van der Waals surface area contributed by atoms with Gasteiger partial charge in [0.1, 0.15) is 16.4 Å². The van der Waals surface area contributed by atoms with Crippen LogP contribution < -0.4 is 20.7 Å². The van der Waals surface area contributed by atoms with Crippen LogP contribution in [-0.4, -0.2) is 16.9 Å². The first kappa shape index (κ1) is 21.1. The quantitative estimate of drug-likeness (QED) is 0.333. The Hall–Kier alpha value is -4.17. The van der Waals surface area contributed by atoms with Crippen molar-refractivity contribution in [2.24, 2.45) is 0 Å². The zero-order valence-electron chi connectivity index (χ0n) is 17.2. The van der Waals surface area contributed by atoms with Crippen LogP contribution in [-0.2, 0) is 0 Å². The van der Waals surface area contributed by atoms with Crippen LogP contribution in [0.2, 0.25) is 0 Å². The van der Waals surface area contributed by atoms with E-state index in [4.69, 9.17) is 4.74 Å². The van der Waals surface area contributed by atoms with Gasteiger partial charge in [0.15, 0.2) is 5.13 Å². The van der Waals surface area contributed by atoms with Crippen LogP contribution in [0.1, 0.15) is 15.4 Å². The first-order chi connectivity index (χ1) is 15.6.